The Bertz CT molecular complexity index is 628. The first kappa shape index (κ1) is 17.9. The van der Waals surface area contributed by atoms with Gasteiger partial charge in [-0.25, -0.2) is 4.39 Å². The van der Waals surface area contributed by atoms with E-state index in [0.29, 0.717) is 12.0 Å². The molecule has 1 N–H and O–H groups in total. The first-order chi connectivity index (χ1) is 11.4. The molecule has 2 heterocycles. The molecule has 3 atom stereocenters. The van der Waals surface area contributed by atoms with Crippen molar-refractivity contribution in [1.82, 2.24) is 5.32 Å². The predicted molar refractivity (Wildman–Crippen MR) is 97.0 cm³/mol. The molecule has 24 heavy (non-hydrogen) atoms. The van der Waals surface area contributed by atoms with Crippen molar-refractivity contribution in [1.29, 1.82) is 0 Å². The average Bonchev–Trinajstić information content (AvgIpc) is 2.91. The van der Waals surface area contributed by atoms with Gasteiger partial charge in [0.25, 0.3) is 0 Å². The van der Waals surface area contributed by atoms with Gasteiger partial charge in [-0.1, -0.05) is 56.2 Å². The number of hydrogen-bond donors (Lipinski definition) is 1. The van der Waals surface area contributed by atoms with Crippen molar-refractivity contribution in [3.05, 3.63) is 46.3 Å². The summed E-state index contributed by atoms with van der Waals surface area (Å²) in [6.45, 7) is 9.20. The van der Waals surface area contributed by atoms with Crippen molar-refractivity contribution in [3.8, 4) is 0 Å². The van der Waals surface area contributed by atoms with Crippen LogP contribution in [0.4, 0.5) is 4.39 Å². The summed E-state index contributed by atoms with van der Waals surface area (Å²) >= 11 is 5.97. The highest BCUT2D eigenvalue weighted by molar-refractivity contribution is 6.30. The number of hydrogen-bond acceptors (Lipinski definition) is 2. The fourth-order valence-electron chi connectivity index (χ4n) is 4.21. The standard InChI is InChI=1S/C20H27ClFNO/c1-13-16(15-5-4-6-17(21)19(15)22)12-23-18(13)11-20(2,3)14-7-9-24-10-8-14/h4-7,13,16,18,23H,8-12H2,1-3H3. The molecule has 0 bridgehead atoms. The van der Waals surface area contributed by atoms with E-state index in [1.165, 1.54) is 5.57 Å². The van der Waals surface area contributed by atoms with E-state index < -0.39 is 0 Å². The van der Waals surface area contributed by atoms with Gasteiger partial charge < -0.3 is 10.1 Å². The third-order valence-corrected chi connectivity index (χ3v) is 6.10. The fourth-order valence-corrected chi connectivity index (χ4v) is 4.39. The van der Waals surface area contributed by atoms with Crippen LogP contribution in [0.1, 0.15) is 45.1 Å². The van der Waals surface area contributed by atoms with Crippen LogP contribution in [0.3, 0.4) is 0 Å². The maximum atomic E-state index is 14.4. The lowest BCUT2D eigenvalue weighted by Crippen LogP contribution is -2.33. The number of nitrogens with one attached hydrogen (secondary N) is 1. The highest BCUT2D eigenvalue weighted by atomic mass is 35.5. The van der Waals surface area contributed by atoms with E-state index in [9.17, 15) is 4.39 Å². The SMILES string of the molecule is CC1C(CC(C)(C)C2=CCOCC2)NCC1c1cccc(Cl)c1F. The number of halogens is 2. The largest absolute Gasteiger partial charge is 0.377 e. The Balaban J connectivity index is 1.73. The molecular formula is C20H27ClFNO. The maximum absolute atomic E-state index is 14.4. The minimum Gasteiger partial charge on any atom is -0.377 e. The minimum absolute atomic E-state index is 0.136. The summed E-state index contributed by atoms with van der Waals surface area (Å²) in [5.74, 6) is 0.288. The molecule has 1 fully saturated rings. The van der Waals surface area contributed by atoms with Gasteiger partial charge >= 0.3 is 0 Å². The Labute approximate surface area is 149 Å². The van der Waals surface area contributed by atoms with Gasteiger partial charge in [0.15, 0.2) is 0 Å². The second-order valence-corrected chi connectivity index (χ2v) is 8.17. The molecule has 1 aromatic carbocycles. The zero-order chi connectivity index (χ0) is 17.3. The highest BCUT2D eigenvalue weighted by Gasteiger charge is 2.38. The monoisotopic (exact) mass is 351 g/mol. The molecule has 1 saturated heterocycles. The van der Waals surface area contributed by atoms with Gasteiger partial charge in [0.1, 0.15) is 5.82 Å². The Kier molecular flexibility index (Phi) is 5.33. The van der Waals surface area contributed by atoms with Crippen LogP contribution in [0.15, 0.2) is 29.8 Å². The van der Waals surface area contributed by atoms with E-state index in [0.717, 1.165) is 38.2 Å². The number of benzene rings is 1. The summed E-state index contributed by atoms with van der Waals surface area (Å²) in [4.78, 5) is 0. The number of ether oxygens (including phenoxy) is 1. The average molecular weight is 352 g/mol. The van der Waals surface area contributed by atoms with Crippen LogP contribution in [0.5, 0.6) is 0 Å². The first-order valence-corrected chi connectivity index (χ1v) is 9.22. The molecule has 0 radical (unpaired) electrons. The smallest absolute Gasteiger partial charge is 0.145 e. The first-order valence-electron chi connectivity index (χ1n) is 8.84. The minimum atomic E-state index is -0.259. The molecule has 0 spiro atoms. The summed E-state index contributed by atoms with van der Waals surface area (Å²) in [5, 5.41) is 3.85. The van der Waals surface area contributed by atoms with E-state index in [4.69, 9.17) is 16.3 Å². The van der Waals surface area contributed by atoms with Crippen LogP contribution in [-0.2, 0) is 4.74 Å². The molecule has 0 aromatic heterocycles. The van der Waals surface area contributed by atoms with Gasteiger partial charge in [0, 0.05) is 18.5 Å². The van der Waals surface area contributed by atoms with Gasteiger partial charge in [-0.05, 0) is 35.8 Å². The molecule has 2 aliphatic rings. The Hall–Kier alpha value is -0.900. The van der Waals surface area contributed by atoms with E-state index in [1.54, 1.807) is 6.07 Å². The Morgan fingerprint density at radius 2 is 2.17 bits per heavy atom. The van der Waals surface area contributed by atoms with Gasteiger partial charge in [0.05, 0.1) is 18.2 Å². The Morgan fingerprint density at radius 1 is 1.38 bits per heavy atom. The summed E-state index contributed by atoms with van der Waals surface area (Å²) in [6, 6.07) is 5.72. The van der Waals surface area contributed by atoms with Crippen LogP contribution < -0.4 is 5.32 Å². The Morgan fingerprint density at radius 3 is 2.88 bits per heavy atom. The molecule has 3 rings (SSSR count). The summed E-state index contributed by atoms with van der Waals surface area (Å²) in [5.41, 5.74) is 2.37. The van der Waals surface area contributed by atoms with Crippen molar-refractivity contribution < 1.29 is 9.13 Å². The molecule has 4 heteroatoms. The molecular weight excluding hydrogens is 325 g/mol. The predicted octanol–water partition coefficient (Wildman–Crippen LogP) is 4.93. The molecule has 0 amide bonds. The molecule has 0 saturated carbocycles. The summed E-state index contributed by atoms with van der Waals surface area (Å²) in [7, 11) is 0. The number of rotatable bonds is 4. The second-order valence-electron chi connectivity index (χ2n) is 7.77. The van der Waals surface area contributed by atoms with E-state index in [-0.39, 0.29) is 22.2 Å². The van der Waals surface area contributed by atoms with E-state index in [1.807, 2.05) is 12.1 Å². The second kappa shape index (κ2) is 7.15. The van der Waals surface area contributed by atoms with Crippen LogP contribution in [0, 0.1) is 17.2 Å². The lowest BCUT2D eigenvalue weighted by molar-refractivity contribution is 0.142. The van der Waals surface area contributed by atoms with Gasteiger partial charge in [-0.3, -0.25) is 0 Å². The molecule has 3 unspecified atom stereocenters. The molecule has 132 valence electrons. The third-order valence-electron chi connectivity index (χ3n) is 5.81. The van der Waals surface area contributed by atoms with Gasteiger partial charge in [-0.15, -0.1) is 0 Å². The summed E-state index contributed by atoms with van der Waals surface area (Å²) < 4.78 is 19.8. The quantitative estimate of drug-likeness (QED) is 0.776. The van der Waals surface area contributed by atoms with Crippen LogP contribution in [0.25, 0.3) is 0 Å². The van der Waals surface area contributed by atoms with Crippen molar-refractivity contribution in [2.75, 3.05) is 19.8 Å². The van der Waals surface area contributed by atoms with Crippen LogP contribution in [-0.4, -0.2) is 25.8 Å². The summed E-state index contributed by atoms with van der Waals surface area (Å²) in [6.07, 6.45) is 4.30. The van der Waals surface area contributed by atoms with Crippen LogP contribution in [0.2, 0.25) is 5.02 Å². The lowest BCUT2D eigenvalue weighted by Gasteiger charge is -2.34. The van der Waals surface area contributed by atoms with Crippen molar-refractivity contribution in [3.63, 3.8) is 0 Å². The van der Waals surface area contributed by atoms with Gasteiger partial charge in [0.2, 0.25) is 0 Å². The van der Waals surface area contributed by atoms with E-state index >= 15 is 0 Å². The molecule has 2 aliphatic heterocycles. The highest BCUT2D eigenvalue weighted by Crippen LogP contribution is 2.42. The van der Waals surface area contributed by atoms with Crippen LogP contribution >= 0.6 is 11.6 Å². The normalized spacial score (nSPS) is 28.0. The molecule has 1 aromatic rings. The lowest BCUT2D eigenvalue weighted by atomic mass is 9.73. The van der Waals surface area contributed by atoms with Crippen molar-refractivity contribution >= 4 is 11.6 Å². The zero-order valence-corrected chi connectivity index (χ0v) is 15.5. The van der Waals surface area contributed by atoms with Crippen molar-refractivity contribution in [2.45, 2.75) is 45.6 Å². The molecule has 2 nitrogen and oxygen atoms in total. The fraction of sp³-hybridized carbons (Fsp3) is 0.600. The van der Waals surface area contributed by atoms with Crippen molar-refractivity contribution in [2.24, 2.45) is 11.3 Å². The zero-order valence-electron chi connectivity index (χ0n) is 14.7. The maximum Gasteiger partial charge on any atom is 0.145 e. The third kappa shape index (κ3) is 3.54. The topological polar surface area (TPSA) is 21.3 Å². The molecule has 0 aliphatic carbocycles. The van der Waals surface area contributed by atoms with E-state index in [2.05, 4.69) is 32.2 Å². The van der Waals surface area contributed by atoms with Gasteiger partial charge in [-0.2, -0.15) is 0 Å².